The molecule has 9 heteroatoms. The van der Waals surface area contributed by atoms with Crippen molar-refractivity contribution in [3.8, 4) is 0 Å². The van der Waals surface area contributed by atoms with E-state index in [-0.39, 0.29) is 22.7 Å². The lowest BCUT2D eigenvalue weighted by Crippen LogP contribution is -2.35. The van der Waals surface area contributed by atoms with Gasteiger partial charge in [-0.3, -0.25) is 4.90 Å². The second-order valence-corrected chi connectivity index (χ2v) is 8.69. The molecule has 2 atom stereocenters. The fourth-order valence-electron chi connectivity index (χ4n) is 3.64. The highest BCUT2D eigenvalue weighted by Crippen LogP contribution is 2.40. The third kappa shape index (κ3) is 4.19. The van der Waals surface area contributed by atoms with Gasteiger partial charge in [0.1, 0.15) is 29.1 Å². The van der Waals surface area contributed by atoms with Gasteiger partial charge in [0, 0.05) is 11.6 Å². The maximum atomic E-state index is 14.6. The van der Waals surface area contributed by atoms with E-state index in [1.165, 1.54) is 36.9 Å². The maximum Gasteiger partial charge on any atom is 0.415 e. The van der Waals surface area contributed by atoms with Crippen LogP contribution in [0, 0.1) is 11.7 Å². The molecule has 160 valence electrons. The number of nitrogens with zero attached hydrogens (tertiary/aromatic N) is 3. The molecule has 0 bridgehead atoms. The van der Waals surface area contributed by atoms with Crippen molar-refractivity contribution in [2.45, 2.75) is 51.4 Å². The minimum absolute atomic E-state index is 0.0669. The number of nitrogens with one attached hydrogen (secondary N) is 1. The second-order valence-electron chi connectivity index (χ2n) is 8.30. The molecule has 1 aromatic heterocycles. The van der Waals surface area contributed by atoms with Crippen LogP contribution in [0.25, 0.3) is 0 Å². The minimum atomic E-state index is -1.64. The molecule has 2 aromatic rings. The third-order valence-electron chi connectivity index (χ3n) is 5.50. The SMILES string of the molecule is C[C@H](Nc1nc(Cl)cc(N2C(=O)OC[C@@H]2C2CC2)n1)c1ccc(C(C)(C)F)cc1F. The Morgan fingerprint density at radius 3 is 2.67 bits per heavy atom. The summed E-state index contributed by atoms with van der Waals surface area (Å²) in [5.41, 5.74) is -1.04. The number of alkyl halides is 1. The zero-order chi connectivity index (χ0) is 21.6. The smallest absolute Gasteiger partial charge is 0.415 e. The van der Waals surface area contributed by atoms with Crippen LogP contribution in [-0.4, -0.2) is 28.7 Å². The van der Waals surface area contributed by atoms with Gasteiger partial charge in [-0.05, 0) is 51.2 Å². The average Bonchev–Trinajstić information content (AvgIpc) is 3.42. The van der Waals surface area contributed by atoms with E-state index < -0.39 is 23.6 Å². The van der Waals surface area contributed by atoms with Crippen LogP contribution in [0.3, 0.4) is 0 Å². The van der Waals surface area contributed by atoms with Gasteiger partial charge in [-0.15, -0.1) is 0 Å². The van der Waals surface area contributed by atoms with E-state index in [2.05, 4.69) is 15.3 Å². The number of carbonyl (C=O) groups excluding carboxylic acids is 1. The van der Waals surface area contributed by atoms with Crippen molar-refractivity contribution < 1.29 is 18.3 Å². The van der Waals surface area contributed by atoms with Crippen molar-refractivity contribution in [1.29, 1.82) is 0 Å². The molecule has 0 unspecified atom stereocenters. The van der Waals surface area contributed by atoms with Crippen LogP contribution in [0.4, 0.5) is 25.3 Å². The normalized spacial score (nSPS) is 20.3. The Kier molecular flexibility index (Phi) is 5.30. The summed E-state index contributed by atoms with van der Waals surface area (Å²) in [5, 5.41) is 3.17. The van der Waals surface area contributed by atoms with Crippen LogP contribution < -0.4 is 10.2 Å². The number of carbonyl (C=O) groups is 1. The number of benzene rings is 1. The zero-order valence-electron chi connectivity index (χ0n) is 17.0. The van der Waals surface area contributed by atoms with Crippen LogP contribution in [0.1, 0.15) is 50.8 Å². The highest BCUT2D eigenvalue weighted by molar-refractivity contribution is 6.29. The summed E-state index contributed by atoms with van der Waals surface area (Å²) in [6, 6.07) is 5.22. The van der Waals surface area contributed by atoms with Gasteiger partial charge in [-0.2, -0.15) is 4.98 Å². The Bertz CT molecular complexity index is 978. The number of aromatic nitrogens is 2. The summed E-state index contributed by atoms with van der Waals surface area (Å²) < 4.78 is 33.9. The third-order valence-corrected chi connectivity index (χ3v) is 5.69. The van der Waals surface area contributed by atoms with Crippen LogP contribution in [0.2, 0.25) is 5.15 Å². The molecule has 0 radical (unpaired) electrons. The molecule has 1 aliphatic heterocycles. The quantitative estimate of drug-likeness (QED) is 0.615. The Morgan fingerprint density at radius 2 is 2.03 bits per heavy atom. The zero-order valence-corrected chi connectivity index (χ0v) is 17.7. The Morgan fingerprint density at radius 1 is 1.30 bits per heavy atom. The molecular formula is C21H23ClF2N4O2. The molecule has 1 N–H and O–H groups in total. The van der Waals surface area contributed by atoms with Gasteiger partial charge in [-0.25, -0.2) is 18.6 Å². The van der Waals surface area contributed by atoms with Crippen molar-refractivity contribution in [1.82, 2.24) is 9.97 Å². The molecule has 30 heavy (non-hydrogen) atoms. The van der Waals surface area contributed by atoms with Gasteiger partial charge in [0.25, 0.3) is 0 Å². The van der Waals surface area contributed by atoms with Crippen molar-refractivity contribution in [3.05, 3.63) is 46.4 Å². The fourth-order valence-corrected chi connectivity index (χ4v) is 3.82. The van der Waals surface area contributed by atoms with E-state index in [4.69, 9.17) is 16.3 Å². The highest BCUT2D eigenvalue weighted by Gasteiger charge is 2.44. The van der Waals surface area contributed by atoms with Gasteiger partial charge in [-0.1, -0.05) is 23.7 Å². The van der Waals surface area contributed by atoms with E-state index in [0.29, 0.717) is 23.9 Å². The topological polar surface area (TPSA) is 67.4 Å². The highest BCUT2D eigenvalue weighted by atomic mass is 35.5. The Labute approximate surface area is 178 Å². The average molecular weight is 437 g/mol. The van der Waals surface area contributed by atoms with Crippen molar-refractivity contribution >= 4 is 29.5 Å². The molecular weight excluding hydrogens is 414 g/mol. The number of amides is 1. The lowest BCUT2D eigenvalue weighted by molar-refractivity contribution is 0.178. The van der Waals surface area contributed by atoms with E-state index in [1.807, 2.05) is 0 Å². The predicted molar refractivity (Wildman–Crippen MR) is 110 cm³/mol. The summed E-state index contributed by atoms with van der Waals surface area (Å²) in [5.74, 6) is 0.373. The van der Waals surface area contributed by atoms with Crippen molar-refractivity contribution in [3.63, 3.8) is 0 Å². The molecule has 2 aliphatic rings. The summed E-state index contributed by atoms with van der Waals surface area (Å²) >= 11 is 6.17. The monoisotopic (exact) mass is 436 g/mol. The number of halogens is 3. The van der Waals surface area contributed by atoms with E-state index >= 15 is 0 Å². The van der Waals surface area contributed by atoms with E-state index in [1.54, 1.807) is 13.0 Å². The number of hydrogen-bond acceptors (Lipinski definition) is 5. The standard InChI is InChI=1S/C21H23ClF2N4O2/c1-11(14-7-6-13(8-15(14)23)21(2,3)24)25-19-26-17(22)9-18(27-19)28-16(12-4-5-12)10-30-20(28)29/h6-9,11-12,16H,4-5,10H2,1-3H3,(H,25,26,27)/t11-,16+/m0/s1. The lowest BCUT2D eigenvalue weighted by Gasteiger charge is -2.22. The van der Waals surface area contributed by atoms with Crippen LogP contribution in [0.5, 0.6) is 0 Å². The molecule has 4 rings (SSSR count). The molecule has 2 heterocycles. The van der Waals surface area contributed by atoms with Crippen molar-refractivity contribution in [2.75, 3.05) is 16.8 Å². The summed E-state index contributed by atoms with van der Waals surface area (Å²) in [6.45, 7) is 4.82. The number of rotatable bonds is 6. The van der Waals surface area contributed by atoms with Gasteiger partial charge in [0.2, 0.25) is 5.95 Å². The summed E-state index contributed by atoms with van der Waals surface area (Å²) in [7, 11) is 0. The van der Waals surface area contributed by atoms with Crippen molar-refractivity contribution in [2.24, 2.45) is 5.92 Å². The molecule has 1 amide bonds. The minimum Gasteiger partial charge on any atom is -0.447 e. The van der Waals surface area contributed by atoms with E-state index in [9.17, 15) is 13.6 Å². The molecule has 1 saturated carbocycles. The molecule has 6 nitrogen and oxygen atoms in total. The predicted octanol–water partition coefficient (Wildman–Crippen LogP) is 5.38. The van der Waals surface area contributed by atoms with Crippen LogP contribution in [0.15, 0.2) is 24.3 Å². The fraction of sp³-hybridized carbons (Fsp3) is 0.476. The number of cyclic esters (lactones) is 1. The number of ether oxygens (including phenoxy) is 1. The molecule has 2 fully saturated rings. The lowest BCUT2D eigenvalue weighted by atomic mass is 9.97. The van der Waals surface area contributed by atoms with E-state index in [0.717, 1.165) is 12.8 Å². The largest absolute Gasteiger partial charge is 0.447 e. The molecule has 1 aliphatic carbocycles. The molecule has 1 aromatic carbocycles. The first-order chi connectivity index (χ1) is 14.1. The molecule has 0 spiro atoms. The van der Waals surface area contributed by atoms with Crippen LogP contribution >= 0.6 is 11.6 Å². The van der Waals surface area contributed by atoms with Crippen LogP contribution in [-0.2, 0) is 10.4 Å². The maximum absolute atomic E-state index is 14.6. The van der Waals surface area contributed by atoms with Gasteiger partial charge < -0.3 is 10.1 Å². The number of anilines is 2. The first-order valence-corrected chi connectivity index (χ1v) is 10.3. The van der Waals surface area contributed by atoms with Gasteiger partial charge >= 0.3 is 6.09 Å². The first kappa shape index (κ1) is 20.8. The Hall–Kier alpha value is -2.48. The summed E-state index contributed by atoms with van der Waals surface area (Å²) in [6.07, 6.45) is 1.63. The first-order valence-electron chi connectivity index (χ1n) is 9.89. The summed E-state index contributed by atoms with van der Waals surface area (Å²) in [4.78, 5) is 22.3. The van der Waals surface area contributed by atoms with Gasteiger partial charge in [0.15, 0.2) is 0 Å². The Balaban J connectivity index is 1.57. The number of hydrogen-bond donors (Lipinski definition) is 1. The molecule has 1 saturated heterocycles. The second kappa shape index (κ2) is 7.65. The van der Waals surface area contributed by atoms with Gasteiger partial charge in [0.05, 0.1) is 12.1 Å².